The molecule has 1 saturated heterocycles. The van der Waals surface area contributed by atoms with Crippen LogP contribution in [-0.4, -0.2) is 83.7 Å². The quantitative estimate of drug-likeness (QED) is 0.523. The van der Waals surface area contributed by atoms with Gasteiger partial charge in [-0.15, -0.1) is 0 Å². The summed E-state index contributed by atoms with van der Waals surface area (Å²) in [5, 5.41) is 2.91. The van der Waals surface area contributed by atoms with Gasteiger partial charge in [-0.05, 0) is 31.2 Å². The normalized spacial score (nSPS) is 16.2. The molecule has 1 atom stereocenters. The zero-order chi connectivity index (χ0) is 19.1. The third-order valence-electron chi connectivity index (χ3n) is 4.90. The van der Waals surface area contributed by atoms with Gasteiger partial charge in [0, 0.05) is 25.5 Å². The number of carbonyl (C=O) groups is 2. The van der Waals surface area contributed by atoms with Crippen LogP contribution in [0.15, 0.2) is 24.3 Å². The Morgan fingerprint density at radius 2 is 1.77 bits per heavy atom. The van der Waals surface area contributed by atoms with E-state index in [1.54, 1.807) is 23.9 Å². The van der Waals surface area contributed by atoms with E-state index >= 15 is 0 Å². The Kier molecular flexibility index (Phi) is 7.41. The molecule has 0 radical (unpaired) electrons. The first-order valence-corrected chi connectivity index (χ1v) is 9.39. The molecule has 1 heterocycles. The molecule has 7 heteroatoms. The van der Waals surface area contributed by atoms with Crippen LogP contribution >= 0.6 is 0 Å². The van der Waals surface area contributed by atoms with E-state index in [2.05, 4.69) is 29.3 Å². The zero-order valence-corrected chi connectivity index (χ0v) is 16.5. The number of amides is 2. The molecular formula is C19H33N5O2+2. The highest BCUT2D eigenvalue weighted by Crippen LogP contribution is 2.17. The smallest absolute Gasteiger partial charge is 0.279 e. The SMILES string of the molecule is CC[NH+]1CCN(c2ccc(NC(=O)C[NH+](C)CC(=O)N(C)C)cc2)CC1. The number of piperazine rings is 1. The van der Waals surface area contributed by atoms with Gasteiger partial charge >= 0.3 is 0 Å². The van der Waals surface area contributed by atoms with Crippen LogP contribution in [0.5, 0.6) is 0 Å². The summed E-state index contributed by atoms with van der Waals surface area (Å²) in [7, 11) is 5.29. The van der Waals surface area contributed by atoms with E-state index in [1.165, 1.54) is 25.3 Å². The Hall–Kier alpha value is -2.12. The molecule has 1 unspecified atom stereocenters. The molecule has 3 N–H and O–H groups in total. The van der Waals surface area contributed by atoms with Crippen molar-refractivity contribution in [3.63, 3.8) is 0 Å². The fourth-order valence-electron chi connectivity index (χ4n) is 3.15. The fourth-order valence-corrected chi connectivity index (χ4v) is 3.15. The average Bonchev–Trinajstić information content (AvgIpc) is 2.62. The van der Waals surface area contributed by atoms with E-state index in [0.717, 1.165) is 23.7 Å². The molecule has 1 aromatic rings. The highest BCUT2D eigenvalue weighted by Gasteiger charge is 2.19. The third-order valence-corrected chi connectivity index (χ3v) is 4.90. The van der Waals surface area contributed by atoms with Crippen molar-refractivity contribution in [1.82, 2.24) is 4.90 Å². The summed E-state index contributed by atoms with van der Waals surface area (Å²) in [6.07, 6.45) is 0. The Labute approximate surface area is 156 Å². The van der Waals surface area contributed by atoms with E-state index in [0.29, 0.717) is 6.54 Å². The lowest BCUT2D eigenvalue weighted by Crippen LogP contribution is -3.14. The maximum absolute atomic E-state index is 12.2. The van der Waals surface area contributed by atoms with Crippen molar-refractivity contribution in [2.75, 3.05) is 77.2 Å². The second-order valence-electron chi connectivity index (χ2n) is 7.28. The molecule has 2 rings (SSSR count). The first-order valence-electron chi connectivity index (χ1n) is 9.39. The van der Waals surface area contributed by atoms with E-state index in [1.807, 2.05) is 19.2 Å². The summed E-state index contributed by atoms with van der Waals surface area (Å²) in [5.74, 6) is -0.0633. The van der Waals surface area contributed by atoms with E-state index in [9.17, 15) is 9.59 Å². The number of benzene rings is 1. The minimum Gasteiger partial charge on any atom is -0.360 e. The second kappa shape index (κ2) is 9.54. The highest BCUT2D eigenvalue weighted by molar-refractivity contribution is 5.91. The van der Waals surface area contributed by atoms with Gasteiger partial charge in [0.1, 0.15) is 0 Å². The predicted molar refractivity (Wildman–Crippen MR) is 104 cm³/mol. The van der Waals surface area contributed by atoms with Crippen molar-refractivity contribution in [3.8, 4) is 0 Å². The molecule has 0 bridgehead atoms. The lowest BCUT2D eigenvalue weighted by Gasteiger charge is -2.33. The largest absolute Gasteiger partial charge is 0.360 e. The van der Waals surface area contributed by atoms with Crippen LogP contribution in [0.2, 0.25) is 0 Å². The van der Waals surface area contributed by atoms with Gasteiger partial charge in [0.25, 0.3) is 11.8 Å². The number of likely N-dealkylation sites (N-methyl/N-ethyl adjacent to an activating group) is 3. The van der Waals surface area contributed by atoms with Gasteiger partial charge in [0.2, 0.25) is 0 Å². The van der Waals surface area contributed by atoms with Crippen molar-refractivity contribution in [1.29, 1.82) is 0 Å². The van der Waals surface area contributed by atoms with Crippen molar-refractivity contribution in [2.45, 2.75) is 6.92 Å². The van der Waals surface area contributed by atoms with Crippen molar-refractivity contribution in [3.05, 3.63) is 24.3 Å². The Morgan fingerprint density at radius 3 is 2.31 bits per heavy atom. The van der Waals surface area contributed by atoms with Crippen LogP contribution in [0.4, 0.5) is 11.4 Å². The lowest BCUT2D eigenvalue weighted by atomic mass is 10.2. The van der Waals surface area contributed by atoms with Gasteiger partial charge in [-0.1, -0.05) is 0 Å². The Balaban J connectivity index is 1.81. The van der Waals surface area contributed by atoms with Crippen LogP contribution in [0.25, 0.3) is 0 Å². The van der Waals surface area contributed by atoms with Gasteiger partial charge in [-0.3, -0.25) is 9.59 Å². The monoisotopic (exact) mass is 363 g/mol. The van der Waals surface area contributed by atoms with Crippen LogP contribution in [0.1, 0.15) is 6.92 Å². The van der Waals surface area contributed by atoms with Crippen molar-refractivity contribution in [2.24, 2.45) is 0 Å². The molecule has 0 saturated carbocycles. The maximum atomic E-state index is 12.2. The van der Waals surface area contributed by atoms with E-state index < -0.39 is 0 Å². The average molecular weight is 364 g/mol. The number of hydrogen-bond acceptors (Lipinski definition) is 3. The van der Waals surface area contributed by atoms with Crippen molar-refractivity contribution < 1.29 is 19.4 Å². The molecule has 0 aliphatic carbocycles. The summed E-state index contributed by atoms with van der Waals surface area (Å²) in [4.78, 5) is 30.3. The van der Waals surface area contributed by atoms with Crippen molar-refractivity contribution >= 4 is 23.2 Å². The molecule has 1 aliphatic rings. The van der Waals surface area contributed by atoms with Crippen LogP contribution in [0, 0.1) is 0 Å². The molecular weight excluding hydrogens is 330 g/mol. The third kappa shape index (κ3) is 6.00. The fraction of sp³-hybridized carbons (Fsp3) is 0.579. The standard InChI is InChI=1S/C19H31N5O2/c1-5-23-10-12-24(13-11-23)17-8-6-16(7-9-17)20-18(25)14-22(4)15-19(26)21(2)3/h6-9H,5,10-15H2,1-4H3,(H,20,25)/p+2. The van der Waals surface area contributed by atoms with E-state index in [4.69, 9.17) is 0 Å². The molecule has 26 heavy (non-hydrogen) atoms. The molecule has 0 spiro atoms. The van der Waals surface area contributed by atoms with Crippen LogP contribution in [-0.2, 0) is 9.59 Å². The Morgan fingerprint density at radius 1 is 1.15 bits per heavy atom. The summed E-state index contributed by atoms with van der Waals surface area (Å²) in [6, 6.07) is 8.04. The van der Waals surface area contributed by atoms with Gasteiger partial charge < -0.3 is 24.9 Å². The van der Waals surface area contributed by atoms with Gasteiger partial charge in [-0.2, -0.15) is 0 Å². The summed E-state index contributed by atoms with van der Waals surface area (Å²) in [5.41, 5.74) is 2.00. The molecule has 144 valence electrons. The molecule has 2 amide bonds. The minimum absolute atomic E-state index is 0.0182. The molecule has 1 aliphatic heterocycles. The first-order chi connectivity index (χ1) is 12.4. The first kappa shape index (κ1) is 20.2. The lowest BCUT2D eigenvalue weighted by molar-refractivity contribution is -0.898. The minimum atomic E-state index is -0.0815. The summed E-state index contributed by atoms with van der Waals surface area (Å²) < 4.78 is 0. The number of rotatable bonds is 7. The topological polar surface area (TPSA) is 61.5 Å². The summed E-state index contributed by atoms with van der Waals surface area (Å²) >= 11 is 0. The number of quaternary nitrogens is 2. The number of hydrogen-bond donors (Lipinski definition) is 3. The van der Waals surface area contributed by atoms with E-state index in [-0.39, 0.29) is 18.4 Å². The number of nitrogens with one attached hydrogen (secondary N) is 3. The van der Waals surface area contributed by atoms with Gasteiger partial charge in [0.05, 0.1) is 39.8 Å². The van der Waals surface area contributed by atoms with Gasteiger partial charge in [-0.25, -0.2) is 0 Å². The molecule has 1 aromatic carbocycles. The van der Waals surface area contributed by atoms with Crippen LogP contribution < -0.4 is 20.0 Å². The molecule has 0 aromatic heterocycles. The second-order valence-corrected chi connectivity index (χ2v) is 7.28. The van der Waals surface area contributed by atoms with Crippen LogP contribution in [0.3, 0.4) is 0 Å². The van der Waals surface area contributed by atoms with Gasteiger partial charge in [0.15, 0.2) is 13.1 Å². The number of carbonyl (C=O) groups excluding carboxylic acids is 2. The molecule has 7 nitrogen and oxygen atoms in total. The number of nitrogens with zero attached hydrogens (tertiary/aromatic N) is 2. The number of anilines is 2. The highest BCUT2D eigenvalue weighted by atomic mass is 16.2. The predicted octanol–water partition coefficient (Wildman–Crippen LogP) is -2.05. The molecule has 1 fully saturated rings. The summed E-state index contributed by atoms with van der Waals surface area (Å²) in [6.45, 7) is 8.50. The Bertz CT molecular complexity index is 594. The maximum Gasteiger partial charge on any atom is 0.279 e. The zero-order valence-electron chi connectivity index (χ0n) is 16.5.